The molecule has 1 atom stereocenters. The van der Waals surface area contributed by atoms with Gasteiger partial charge in [-0.2, -0.15) is 0 Å². The maximum Gasteiger partial charge on any atom is 0.318 e. The number of Topliss-reactive ketones (excluding diaryl/α,β-unsaturated/α-hetero) is 1. The molecule has 1 aliphatic heterocycles. The van der Waals surface area contributed by atoms with E-state index in [-0.39, 0.29) is 30.5 Å². The van der Waals surface area contributed by atoms with Gasteiger partial charge in [0, 0.05) is 12.7 Å². The molecule has 0 aliphatic carbocycles. The molecule has 1 saturated heterocycles. The van der Waals surface area contributed by atoms with Crippen LogP contribution >= 0.6 is 0 Å². The van der Waals surface area contributed by atoms with Crippen LogP contribution in [0.1, 0.15) is 10.5 Å². The van der Waals surface area contributed by atoms with Crippen LogP contribution in [0.25, 0.3) is 0 Å². The van der Waals surface area contributed by atoms with Crippen LogP contribution in [0.2, 0.25) is 0 Å². The fraction of sp³-hybridized carbons (Fsp3) is 0.333. The first-order valence-electron chi connectivity index (χ1n) is 5.44. The van der Waals surface area contributed by atoms with Crippen LogP contribution in [0.4, 0.5) is 0 Å². The smallest absolute Gasteiger partial charge is 0.318 e. The average molecular weight is 248 g/mol. The molecule has 2 rings (SSSR count). The standard InChI is InChI=1S/C12H12N2O4/c1-18-12(17)8-6-14(7-10(8)15)11(16)9-4-2-3-5-13-9/h2-5,8H,6-7H2,1H3. The van der Waals surface area contributed by atoms with Crippen molar-refractivity contribution in [1.82, 2.24) is 9.88 Å². The minimum Gasteiger partial charge on any atom is -0.468 e. The zero-order valence-corrected chi connectivity index (χ0v) is 9.83. The Morgan fingerprint density at radius 1 is 1.44 bits per heavy atom. The quantitative estimate of drug-likeness (QED) is 0.539. The molecule has 1 aliphatic rings. The predicted octanol–water partition coefficient (Wildman–Crippen LogP) is -0.104. The molecular weight excluding hydrogens is 236 g/mol. The lowest BCUT2D eigenvalue weighted by Crippen LogP contribution is -2.30. The molecule has 6 nitrogen and oxygen atoms in total. The Morgan fingerprint density at radius 3 is 2.83 bits per heavy atom. The van der Waals surface area contributed by atoms with Crippen LogP contribution in [0.3, 0.4) is 0 Å². The average Bonchev–Trinajstić information content (AvgIpc) is 2.80. The van der Waals surface area contributed by atoms with Gasteiger partial charge in [0.2, 0.25) is 0 Å². The Kier molecular flexibility index (Phi) is 3.36. The number of methoxy groups -OCH3 is 1. The minimum atomic E-state index is -0.873. The topological polar surface area (TPSA) is 76.6 Å². The lowest BCUT2D eigenvalue weighted by Gasteiger charge is -2.14. The second-order valence-corrected chi connectivity index (χ2v) is 3.94. The summed E-state index contributed by atoms with van der Waals surface area (Å²) >= 11 is 0. The van der Waals surface area contributed by atoms with Crippen molar-refractivity contribution in [3.63, 3.8) is 0 Å². The molecule has 0 bridgehead atoms. The van der Waals surface area contributed by atoms with E-state index in [0.29, 0.717) is 0 Å². The number of amides is 1. The summed E-state index contributed by atoms with van der Waals surface area (Å²) in [5.41, 5.74) is 0.260. The first-order valence-corrected chi connectivity index (χ1v) is 5.44. The number of nitrogens with zero attached hydrogens (tertiary/aromatic N) is 2. The lowest BCUT2D eigenvalue weighted by molar-refractivity contribution is -0.147. The highest BCUT2D eigenvalue weighted by Gasteiger charge is 2.39. The molecule has 0 radical (unpaired) electrons. The van der Waals surface area contributed by atoms with E-state index in [0.717, 1.165) is 0 Å². The Labute approximate surface area is 104 Å². The second-order valence-electron chi connectivity index (χ2n) is 3.94. The molecule has 0 saturated carbocycles. The van der Waals surface area contributed by atoms with Gasteiger partial charge in [0.15, 0.2) is 5.78 Å². The first-order chi connectivity index (χ1) is 8.63. The third kappa shape index (κ3) is 2.22. The van der Waals surface area contributed by atoms with E-state index >= 15 is 0 Å². The van der Waals surface area contributed by atoms with E-state index in [1.54, 1.807) is 18.2 Å². The molecule has 0 spiro atoms. The molecule has 1 amide bonds. The second kappa shape index (κ2) is 4.95. The Bertz CT molecular complexity index is 486. The molecule has 6 heteroatoms. The summed E-state index contributed by atoms with van der Waals surface area (Å²) < 4.78 is 4.52. The molecule has 1 aromatic rings. The molecule has 0 aromatic carbocycles. The van der Waals surface area contributed by atoms with Crippen molar-refractivity contribution in [2.45, 2.75) is 0 Å². The number of carbonyl (C=O) groups is 3. The third-order valence-corrected chi connectivity index (χ3v) is 2.80. The molecule has 1 aromatic heterocycles. The van der Waals surface area contributed by atoms with Gasteiger partial charge in [-0.3, -0.25) is 19.4 Å². The van der Waals surface area contributed by atoms with Gasteiger partial charge in [0.05, 0.1) is 13.7 Å². The van der Waals surface area contributed by atoms with Crippen molar-refractivity contribution in [1.29, 1.82) is 0 Å². The van der Waals surface area contributed by atoms with Crippen LogP contribution < -0.4 is 0 Å². The number of hydrogen-bond acceptors (Lipinski definition) is 5. The molecular formula is C12H12N2O4. The number of ketones is 1. The van der Waals surface area contributed by atoms with Gasteiger partial charge < -0.3 is 9.64 Å². The number of aromatic nitrogens is 1. The van der Waals surface area contributed by atoms with Gasteiger partial charge in [-0.15, -0.1) is 0 Å². The number of ether oxygens (including phenoxy) is 1. The van der Waals surface area contributed by atoms with Crippen LogP contribution in [-0.2, 0) is 14.3 Å². The predicted molar refractivity (Wildman–Crippen MR) is 60.7 cm³/mol. The summed E-state index contributed by atoms with van der Waals surface area (Å²) in [6, 6.07) is 4.96. The lowest BCUT2D eigenvalue weighted by atomic mass is 10.1. The van der Waals surface area contributed by atoms with Crippen molar-refractivity contribution < 1.29 is 19.1 Å². The van der Waals surface area contributed by atoms with Crippen molar-refractivity contribution >= 4 is 17.7 Å². The summed E-state index contributed by atoms with van der Waals surface area (Å²) in [5, 5.41) is 0. The minimum absolute atomic E-state index is 0.0565. The maximum atomic E-state index is 12.0. The van der Waals surface area contributed by atoms with Gasteiger partial charge >= 0.3 is 5.97 Å². The zero-order valence-electron chi connectivity index (χ0n) is 9.83. The summed E-state index contributed by atoms with van der Waals surface area (Å²) in [6.45, 7) is -0.0178. The summed E-state index contributed by atoms with van der Waals surface area (Å²) in [5.74, 6) is -2.12. The van der Waals surface area contributed by atoms with Gasteiger partial charge in [-0.25, -0.2) is 0 Å². The van der Waals surface area contributed by atoms with Crippen LogP contribution in [0.15, 0.2) is 24.4 Å². The zero-order chi connectivity index (χ0) is 13.1. The molecule has 0 N–H and O–H groups in total. The molecule has 1 unspecified atom stereocenters. The SMILES string of the molecule is COC(=O)C1CN(C(=O)c2ccccn2)CC1=O. The Balaban J connectivity index is 2.11. The summed E-state index contributed by atoms with van der Waals surface area (Å²) in [6.07, 6.45) is 1.50. The van der Waals surface area contributed by atoms with Crippen LogP contribution in [0.5, 0.6) is 0 Å². The van der Waals surface area contributed by atoms with Crippen molar-refractivity contribution in [2.24, 2.45) is 5.92 Å². The maximum absolute atomic E-state index is 12.0. The Hall–Kier alpha value is -2.24. The number of esters is 1. The van der Waals surface area contributed by atoms with Crippen LogP contribution in [0, 0.1) is 5.92 Å². The van der Waals surface area contributed by atoms with Crippen molar-refractivity contribution in [3.05, 3.63) is 30.1 Å². The van der Waals surface area contributed by atoms with Gasteiger partial charge in [-0.1, -0.05) is 6.07 Å². The molecule has 18 heavy (non-hydrogen) atoms. The van der Waals surface area contributed by atoms with Crippen LogP contribution in [-0.4, -0.2) is 47.7 Å². The van der Waals surface area contributed by atoms with E-state index in [2.05, 4.69) is 9.72 Å². The molecule has 1 fully saturated rings. The molecule has 2 heterocycles. The van der Waals surface area contributed by atoms with Gasteiger partial charge in [-0.05, 0) is 12.1 Å². The number of likely N-dealkylation sites (tertiary alicyclic amines) is 1. The number of rotatable bonds is 2. The summed E-state index contributed by atoms with van der Waals surface area (Å²) in [7, 11) is 1.22. The van der Waals surface area contributed by atoms with E-state index in [9.17, 15) is 14.4 Å². The highest BCUT2D eigenvalue weighted by molar-refractivity contribution is 6.05. The third-order valence-electron chi connectivity index (χ3n) is 2.80. The first kappa shape index (κ1) is 12.2. The largest absolute Gasteiger partial charge is 0.468 e. The van der Waals surface area contributed by atoms with E-state index in [1.807, 2.05) is 0 Å². The van der Waals surface area contributed by atoms with Gasteiger partial charge in [0.1, 0.15) is 11.6 Å². The van der Waals surface area contributed by atoms with Crippen molar-refractivity contribution in [2.75, 3.05) is 20.2 Å². The van der Waals surface area contributed by atoms with E-state index in [4.69, 9.17) is 0 Å². The summed E-state index contributed by atoms with van der Waals surface area (Å²) in [4.78, 5) is 40.2. The fourth-order valence-corrected chi connectivity index (χ4v) is 1.84. The number of pyridine rings is 1. The number of hydrogen-bond donors (Lipinski definition) is 0. The number of carbonyl (C=O) groups excluding carboxylic acids is 3. The molecule has 94 valence electrons. The normalized spacial score (nSPS) is 18.8. The monoisotopic (exact) mass is 248 g/mol. The Morgan fingerprint density at radius 2 is 2.22 bits per heavy atom. The van der Waals surface area contributed by atoms with E-state index < -0.39 is 11.9 Å². The van der Waals surface area contributed by atoms with Crippen molar-refractivity contribution in [3.8, 4) is 0 Å². The highest BCUT2D eigenvalue weighted by Crippen LogP contribution is 2.16. The van der Waals surface area contributed by atoms with Gasteiger partial charge in [0.25, 0.3) is 5.91 Å². The van der Waals surface area contributed by atoms with E-state index in [1.165, 1.54) is 18.2 Å². The highest BCUT2D eigenvalue weighted by atomic mass is 16.5. The fourth-order valence-electron chi connectivity index (χ4n) is 1.84.